The average Bonchev–Trinajstić information content (AvgIpc) is 2.91. The van der Waals surface area contributed by atoms with Crippen molar-refractivity contribution < 1.29 is 4.79 Å². The van der Waals surface area contributed by atoms with Crippen molar-refractivity contribution in [3.63, 3.8) is 0 Å². The summed E-state index contributed by atoms with van der Waals surface area (Å²) >= 11 is 7.43. The predicted molar refractivity (Wildman–Crippen MR) is 89.0 cm³/mol. The first-order valence-electron chi connectivity index (χ1n) is 7.00. The summed E-state index contributed by atoms with van der Waals surface area (Å²) in [7, 11) is 0. The second-order valence-corrected chi connectivity index (χ2v) is 6.49. The van der Waals surface area contributed by atoms with Gasteiger partial charge in [-0.25, -0.2) is 4.79 Å². The zero-order valence-corrected chi connectivity index (χ0v) is 13.6. The first-order chi connectivity index (χ1) is 10.2. The van der Waals surface area contributed by atoms with Crippen molar-refractivity contribution in [2.75, 3.05) is 13.1 Å². The molecule has 1 aromatic heterocycles. The molecule has 0 saturated carbocycles. The zero-order valence-electron chi connectivity index (χ0n) is 12.0. The van der Waals surface area contributed by atoms with Crippen molar-refractivity contribution in [3.8, 4) is 0 Å². The summed E-state index contributed by atoms with van der Waals surface area (Å²) in [5.74, 6) is 0. The summed E-state index contributed by atoms with van der Waals surface area (Å²) in [6.45, 7) is 3.90. The second kappa shape index (κ2) is 8.05. The van der Waals surface area contributed by atoms with Gasteiger partial charge in [0.2, 0.25) is 0 Å². The van der Waals surface area contributed by atoms with E-state index >= 15 is 0 Å². The predicted octanol–water partition coefficient (Wildman–Crippen LogP) is 4.18. The fourth-order valence-electron chi connectivity index (χ4n) is 2.02. The molecule has 21 heavy (non-hydrogen) atoms. The van der Waals surface area contributed by atoms with Gasteiger partial charge in [0.15, 0.2) is 0 Å². The standard InChI is InChI=1S/C16H19ClN2OS/c1-2-19(12-14-8-9-15(17)21-14)16(20)18-11-10-13-6-4-3-5-7-13/h3-9H,2,10-12H2,1H3,(H,18,20). The van der Waals surface area contributed by atoms with E-state index in [-0.39, 0.29) is 6.03 Å². The Kier molecular flexibility index (Phi) is 6.08. The Morgan fingerprint density at radius 3 is 2.62 bits per heavy atom. The second-order valence-electron chi connectivity index (χ2n) is 4.69. The molecule has 0 spiro atoms. The molecule has 0 aliphatic rings. The Hall–Kier alpha value is -1.52. The molecule has 0 saturated heterocycles. The van der Waals surface area contributed by atoms with Gasteiger partial charge in [0.25, 0.3) is 0 Å². The van der Waals surface area contributed by atoms with Gasteiger partial charge < -0.3 is 10.2 Å². The van der Waals surface area contributed by atoms with Crippen LogP contribution in [-0.2, 0) is 13.0 Å². The fraction of sp³-hybridized carbons (Fsp3) is 0.312. The van der Waals surface area contributed by atoms with Crippen molar-refractivity contribution in [1.82, 2.24) is 10.2 Å². The van der Waals surface area contributed by atoms with Crippen molar-refractivity contribution in [2.24, 2.45) is 0 Å². The van der Waals surface area contributed by atoms with Crippen LogP contribution in [0.25, 0.3) is 0 Å². The SMILES string of the molecule is CCN(Cc1ccc(Cl)s1)C(=O)NCCc1ccccc1. The molecule has 5 heteroatoms. The Labute approximate surface area is 134 Å². The molecule has 1 aromatic carbocycles. The van der Waals surface area contributed by atoms with Crippen molar-refractivity contribution in [3.05, 3.63) is 57.2 Å². The Balaban J connectivity index is 1.80. The summed E-state index contributed by atoms with van der Waals surface area (Å²) in [5, 5.41) is 2.97. The number of nitrogens with one attached hydrogen (secondary N) is 1. The number of hydrogen-bond acceptors (Lipinski definition) is 2. The quantitative estimate of drug-likeness (QED) is 0.850. The number of benzene rings is 1. The van der Waals surface area contributed by atoms with E-state index in [1.54, 1.807) is 4.90 Å². The lowest BCUT2D eigenvalue weighted by Crippen LogP contribution is -2.40. The maximum atomic E-state index is 12.2. The number of nitrogens with zero attached hydrogens (tertiary/aromatic N) is 1. The third-order valence-corrected chi connectivity index (χ3v) is 4.39. The molecule has 0 radical (unpaired) electrons. The molecule has 2 amide bonds. The van der Waals surface area contributed by atoms with Crippen LogP contribution in [0.3, 0.4) is 0 Å². The molecule has 0 aliphatic heterocycles. The van der Waals surface area contributed by atoms with E-state index < -0.39 is 0 Å². The first kappa shape index (κ1) is 15.9. The van der Waals surface area contributed by atoms with Gasteiger partial charge in [0.05, 0.1) is 10.9 Å². The molecule has 0 atom stereocenters. The van der Waals surface area contributed by atoms with Gasteiger partial charge in [-0.15, -0.1) is 11.3 Å². The van der Waals surface area contributed by atoms with Gasteiger partial charge in [-0.2, -0.15) is 0 Å². The minimum absolute atomic E-state index is 0.0297. The number of urea groups is 1. The third kappa shape index (κ3) is 5.06. The molecule has 0 unspecified atom stereocenters. The number of amides is 2. The van der Waals surface area contributed by atoms with Crippen LogP contribution in [0.2, 0.25) is 4.34 Å². The van der Waals surface area contributed by atoms with Gasteiger partial charge in [0, 0.05) is 18.0 Å². The van der Waals surface area contributed by atoms with Gasteiger partial charge >= 0.3 is 6.03 Å². The highest BCUT2D eigenvalue weighted by Crippen LogP contribution is 2.22. The molecule has 0 fully saturated rings. The largest absolute Gasteiger partial charge is 0.338 e. The summed E-state index contributed by atoms with van der Waals surface area (Å²) in [6, 6.07) is 13.9. The smallest absolute Gasteiger partial charge is 0.317 e. The minimum Gasteiger partial charge on any atom is -0.338 e. The van der Waals surface area contributed by atoms with Crippen LogP contribution in [0.15, 0.2) is 42.5 Å². The molecule has 1 heterocycles. The minimum atomic E-state index is -0.0297. The van der Waals surface area contributed by atoms with E-state index in [1.807, 2.05) is 37.3 Å². The highest BCUT2D eigenvalue weighted by atomic mass is 35.5. The Morgan fingerprint density at radius 1 is 1.24 bits per heavy atom. The van der Waals surface area contributed by atoms with Crippen LogP contribution in [0, 0.1) is 0 Å². The molecule has 1 N–H and O–H groups in total. The molecule has 112 valence electrons. The van der Waals surface area contributed by atoms with E-state index in [1.165, 1.54) is 16.9 Å². The number of hydrogen-bond donors (Lipinski definition) is 1. The monoisotopic (exact) mass is 322 g/mol. The third-order valence-electron chi connectivity index (χ3n) is 3.18. The lowest BCUT2D eigenvalue weighted by atomic mass is 10.1. The van der Waals surface area contributed by atoms with Crippen molar-refractivity contribution in [1.29, 1.82) is 0 Å². The molecule has 3 nitrogen and oxygen atoms in total. The van der Waals surface area contributed by atoms with Gasteiger partial charge in [0.1, 0.15) is 0 Å². The number of carbonyl (C=O) groups is 1. The topological polar surface area (TPSA) is 32.3 Å². The average molecular weight is 323 g/mol. The molecule has 2 aromatic rings. The lowest BCUT2D eigenvalue weighted by Gasteiger charge is -2.20. The highest BCUT2D eigenvalue weighted by Gasteiger charge is 2.12. The van der Waals surface area contributed by atoms with Crippen molar-refractivity contribution >= 4 is 29.0 Å². The van der Waals surface area contributed by atoms with E-state index in [0.29, 0.717) is 19.6 Å². The van der Waals surface area contributed by atoms with E-state index in [4.69, 9.17) is 11.6 Å². The van der Waals surface area contributed by atoms with Crippen molar-refractivity contribution in [2.45, 2.75) is 19.9 Å². The normalized spacial score (nSPS) is 10.4. The zero-order chi connectivity index (χ0) is 15.1. The van der Waals surface area contributed by atoms with Gasteiger partial charge in [-0.1, -0.05) is 41.9 Å². The number of thiophene rings is 1. The maximum absolute atomic E-state index is 12.2. The van der Waals surface area contributed by atoms with Gasteiger partial charge in [-0.05, 0) is 31.0 Å². The summed E-state index contributed by atoms with van der Waals surface area (Å²) in [4.78, 5) is 15.0. The molecule has 0 aliphatic carbocycles. The summed E-state index contributed by atoms with van der Waals surface area (Å²) in [5.41, 5.74) is 1.23. The molecular formula is C16H19ClN2OS. The maximum Gasteiger partial charge on any atom is 0.317 e. The Morgan fingerprint density at radius 2 is 2.00 bits per heavy atom. The first-order valence-corrected chi connectivity index (χ1v) is 8.19. The lowest BCUT2D eigenvalue weighted by molar-refractivity contribution is 0.199. The van der Waals surface area contributed by atoms with Crippen LogP contribution >= 0.6 is 22.9 Å². The highest BCUT2D eigenvalue weighted by molar-refractivity contribution is 7.16. The fourth-order valence-corrected chi connectivity index (χ4v) is 3.13. The number of halogens is 1. The van der Waals surface area contributed by atoms with Gasteiger partial charge in [-0.3, -0.25) is 0 Å². The van der Waals surface area contributed by atoms with E-state index in [0.717, 1.165) is 15.6 Å². The number of rotatable bonds is 6. The summed E-state index contributed by atoms with van der Waals surface area (Å²) < 4.78 is 0.755. The van der Waals surface area contributed by atoms with Crippen LogP contribution in [0.1, 0.15) is 17.4 Å². The van der Waals surface area contributed by atoms with E-state index in [2.05, 4.69) is 17.4 Å². The molecule has 2 rings (SSSR count). The Bertz CT molecular complexity index is 571. The molecule has 0 bridgehead atoms. The van der Waals surface area contributed by atoms with Crippen LogP contribution in [0.4, 0.5) is 4.79 Å². The van der Waals surface area contributed by atoms with Crippen LogP contribution in [-0.4, -0.2) is 24.0 Å². The van der Waals surface area contributed by atoms with E-state index in [9.17, 15) is 4.79 Å². The summed E-state index contributed by atoms with van der Waals surface area (Å²) in [6.07, 6.45) is 0.842. The molecular weight excluding hydrogens is 304 g/mol. The van der Waals surface area contributed by atoms with Crippen LogP contribution < -0.4 is 5.32 Å². The van der Waals surface area contributed by atoms with Crippen LogP contribution in [0.5, 0.6) is 0 Å². The number of carbonyl (C=O) groups excluding carboxylic acids is 1.